The van der Waals surface area contributed by atoms with Gasteiger partial charge in [0.25, 0.3) is 5.91 Å². The number of aliphatic carboxylic acids is 1. The first-order chi connectivity index (χ1) is 20.7. The minimum Gasteiger partial charge on any atom is -0.480 e. The molecule has 0 fully saturated rings. The summed E-state index contributed by atoms with van der Waals surface area (Å²) in [5, 5.41) is 29.3. The molecule has 216 valence electrons. The fourth-order valence-corrected chi connectivity index (χ4v) is 5.17. The van der Waals surface area contributed by atoms with E-state index in [4.69, 9.17) is 0 Å². The van der Waals surface area contributed by atoms with E-state index in [1.54, 1.807) is 53.2 Å². The van der Waals surface area contributed by atoms with E-state index in [2.05, 4.69) is 15.7 Å². The number of carbonyl (C=O) groups excluding carboxylic acids is 3. The zero-order valence-electron chi connectivity index (χ0n) is 23.6. The first kappa shape index (κ1) is 29.0. The van der Waals surface area contributed by atoms with Crippen LogP contribution in [-0.4, -0.2) is 44.5 Å². The number of carboxylic acids is 1. The molecule has 2 amide bonds. The first-order valence-electron chi connectivity index (χ1n) is 13.8. The van der Waals surface area contributed by atoms with E-state index in [0.29, 0.717) is 34.6 Å². The summed E-state index contributed by atoms with van der Waals surface area (Å²) in [5.74, 6) is -4.71. The van der Waals surface area contributed by atoms with Gasteiger partial charge >= 0.3 is 5.97 Å². The molecule has 0 aliphatic heterocycles. The van der Waals surface area contributed by atoms with Gasteiger partial charge in [-0.3, -0.25) is 14.4 Å². The molecule has 0 saturated carbocycles. The second-order valence-electron chi connectivity index (χ2n) is 10.7. The lowest BCUT2D eigenvalue weighted by Crippen LogP contribution is -2.41. The summed E-state index contributed by atoms with van der Waals surface area (Å²) >= 11 is 0. The van der Waals surface area contributed by atoms with Crippen molar-refractivity contribution in [3.63, 3.8) is 0 Å². The Hall–Kier alpha value is -5.56. The maximum absolute atomic E-state index is 13.7. The number of hydrogen-bond donors (Lipinski definition) is 3. The summed E-state index contributed by atoms with van der Waals surface area (Å²) in [6, 6.07) is 23.5. The van der Waals surface area contributed by atoms with Crippen LogP contribution >= 0.6 is 0 Å². The molecule has 1 aliphatic carbocycles. The lowest BCUT2D eigenvalue weighted by Gasteiger charge is -2.17. The topological polar surface area (TPSA) is 154 Å². The molecule has 0 radical (unpaired) electrons. The SMILES string of the molecule is CC(C)C[C@H](NC(=O)c1ccc2c(c1)-c1c(c(C(=O)C(C#N)C(=O)Nc3ccccc3)nn1-c1ccccc1)C2)C(=O)O. The third-order valence-corrected chi connectivity index (χ3v) is 7.22. The maximum Gasteiger partial charge on any atom is 0.326 e. The van der Waals surface area contributed by atoms with Crippen LogP contribution in [0.2, 0.25) is 0 Å². The van der Waals surface area contributed by atoms with Crippen LogP contribution in [0, 0.1) is 23.2 Å². The van der Waals surface area contributed by atoms with Gasteiger partial charge in [-0.1, -0.05) is 56.3 Å². The Kier molecular flexibility index (Phi) is 8.16. The number of rotatable bonds is 10. The number of amides is 2. The number of hydrogen-bond acceptors (Lipinski definition) is 6. The van der Waals surface area contributed by atoms with Crippen molar-refractivity contribution in [1.82, 2.24) is 15.1 Å². The van der Waals surface area contributed by atoms with Gasteiger partial charge in [-0.25, -0.2) is 9.48 Å². The number of carbonyl (C=O) groups is 4. The van der Waals surface area contributed by atoms with Crippen LogP contribution in [0.15, 0.2) is 78.9 Å². The van der Waals surface area contributed by atoms with E-state index in [9.17, 15) is 29.5 Å². The predicted molar refractivity (Wildman–Crippen MR) is 159 cm³/mol. The molecule has 1 aromatic heterocycles. The molecule has 43 heavy (non-hydrogen) atoms. The van der Waals surface area contributed by atoms with Crippen LogP contribution in [0.5, 0.6) is 0 Å². The van der Waals surface area contributed by atoms with Gasteiger partial charge < -0.3 is 15.7 Å². The highest BCUT2D eigenvalue weighted by molar-refractivity contribution is 6.16. The van der Waals surface area contributed by atoms with Crippen molar-refractivity contribution in [1.29, 1.82) is 5.26 Å². The van der Waals surface area contributed by atoms with E-state index in [0.717, 1.165) is 5.56 Å². The van der Waals surface area contributed by atoms with Crippen molar-refractivity contribution in [2.45, 2.75) is 32.7 Å². The van der Waals surface area contributed by atoms with Crippen molar-refractivity contribution >= 4 is 29.3 Å². The lowest BCUT2D eigenvalue weighted by molar-refractivity contribution is -0.139. The van der Waals surface area contributed by atoms with E-state index in [1.165, 1.54) is 0 Å². The van der Waals surface area contributed by atoms with Crippen LogP contribution in [0.1, 0.15) is 52.2 Å². The smallest absolute Gasteiger partial charge is 0.326 e. The summed E-state index contributed by atoms with van der Waals surface area (Å²) < 4.78 is 1.58. The monoisotopic (exact) mass is 575 g/mol. The van der Waals surface area contributed by atoms with Crippen LogP contribution in [-0.2, 0) is 16.0 Å². The van der Waals surface area contributed by atoms with Gasteiger partial charge in [-0.05, 0) is 54.3 Å². The summed E-state index contributed by atoms with van der Waals surface area (Å²) in [6.07, 6.45) is 0.574. The summed E-state index contributed by atoms with van der Waals surface area (Å²) in [4.78, 5) is 51.6. The Labute approximate surface area is 248 Å². The van der Waals surface area contributed by atoms with Crippen LogP contribution in [0.3, 0.4) is 0 Å². The van der Waals surface area contributed by atoms with Gasteiger partial charge in [0.15, 0.2) is 5.92 Å². The average Bonchev–Trinajstić information content (AvgIpc) is 3.55. The van der Waals surface area contributed by atoms with Gasteiger partial charge in [0.05, 0.1) is 17.5 Å². The lowest BCUT2D eigenvalue weighted by atomic mass is 9.98. The van der Waals surface area contributed by atoms with Crippen molar-refractivity contribution in [2.75, 3.05) is 5.32 Å². The molecule has 0 spiro atoms. The van der Waals surface area contributed by atoms with E-state index in [-0.39, 0.29) is 23.6 Å². The second kappa shape index (κ2) is 12.1. The molecule has 0 saturated heterocycles. The fourth-order valence-electron chi connectivity index (χ4n) is 5.17. The molecule has 1 aliphatic rings. The quantitative estimate of drug-likeness (QED) is 0.162. The number of para-hydroxylation sites is 2. The molecule has 1 unspecified atom stereocenters. The number of benzene rings is 3. The summed E-state index contributed by atoms with van der Waals surface area (Å²) in [5.41, 5.74) is 3.93. The standard InChI is InChI=1S/C33H29N5O5/c1-19(2)15-27(33(42)43)36-31(40)21-14-13-20-16-25-28(30(39)26(18-34)32(41)35-22-9-5-3-6-10-22)37-38(29(25)24(20)17-21)23-11-7-4-8-12-23/h3-14,17,19,26-27H,15-16H2,1-2H3,(H,35,41)(H,36,40)(H,42,43)/t26?,27-/m0/s1. The van der Waals surface area contributed by atoms with Crippen LogP contribution < -0.4 is 10.6 Å². The molecule has 4 aromatic rings. The highest BCUT2D eigenvalue weighted by atomic mass is 16.4. The number of ketones is 1. The fraction of sp³-hybridized carbons (Fsp3) is 0.212. The number of aromatic nitrogens is 2. The highest BCUT2D eigenvalue weighted by Crippen LogP contribution is 2.41. The van der Waals surface area contributed by atoms with Crippen molar-refractivity contribution < 1.29 is 24.3 Å². The Balaban J connectivity index is 1.53. The highest BCUT2D eigenvalue weighted by Gasteiger charge is 2.37. The number of nitrogens with zero attached hydrogens (tertiary/aromatic N) is 3. The normalized spacial score (nSPS) is 12.9. The first-order valence-corrected chi connectivity index (χ1v) is 13.8. The molecule has 3 aromatic carbocycles. The van der Waals surface area contributed by atoms with Crippen molar-refractivity contribution in [3.8, 4) is 23.0 Å². The molecular weight excluding hydrogens is 546 g/mol. The van der Waals surface area contributed by atoms with E-state index >= 15 is 0 Å². The van der Waals surface area contributed by atoms with Crippen LogP contribution in [0.25, 0.3) is 16.9 Å². The summed E-state index contributed by atoms with van der Waals surface area (Å²) in [7, 11) is 0. The third-order valence-electron chi connectivity index (χ3n) is 7.22. The van der Waals surface area contributed by atoms with Crippen molar-refractivity contribution in [2.24, 2.45) is 11.8 Å². The summed E-state index contributed by atoms with van der Waals surface area (Å²) in [6.45, 7) is 3.76. The van der Waals surface area contributed by atoms with E-state index in [1.807, 2.05) is 50.2 Å². The zero-order chi connectivity index (χ0) is 30.7. The number of fused-ring (bicyclic) bond motifs is 3. The number of anilines is 1. The predicted octanol–water partition coefficient (Wildman–Crippen LogP) is 4.63. The Morgan fingerprint density at radius 2 is 1.67 bits per heavy atom. The zero-order valence-corrected chi connectivity index (χ0v) is 23.6. The molecule has 10 nitrogen and oxygen atoms in total. The maximum atomic E-state index is 13.7. The minimum atomic E-state index is -1.64. The second-order valence-corrected chi connectivity index (χ2v) is 10.7. The average molecular weight is 576 g/mol. The van der Waals surface area contributed by atoms with Gasteiger partial charge in [-0.15, -0.1) is 0 Å². The van der Waals surface area contributed by atoms with E-state index < -0.39 is 35.5 Å². The third kappa shape index (κ3) is 5.92. The minimum absolute atomic E-state index is 0.00121. The Bertz CT molecular complexity index is 1760. The van der Waals surface area contributed by atoms with Crippen molar-refractivity contribution in [3.05, 3.63) is 101 Å². The Morgan fingerprint density at radius 3 is 2.30 bits per heavy atom. The number of carboxylic acid groups (broad SMARTS) is 1. The molecular formula is C33H29N5O5. The molecule has 3 N–H and O–H groups in total. The molecule has 5 rings (SSSR count). The van der Waals surface area contributed by atoms with Crippen LogP contribution in [0.4, 0.5) is 5.69 Å². The number of Topliss-reactive ketones (excluding diaryl/α,β-unsaturated/α-hetero) is 1. The Morgan fingerprint density at radius 1 is 1.00 bits per heavy atom. The molecule has 0 bridgehead atoms. The van der Waals surface area contributed by atoms with Gasteiger partial charge in [-0.2, -0.15) is 10.4 Å². The molecule has 2 atom stereocenters. The number of nitrogens with one attached hydrogen (secondary N) is 2. The van der Waals surface area contributed by atoms with Gasteiger partial charge in [0, 0.05) is 28.8 Å². The molecule has 10 heteroatoms. The number of nitriles is 1. The largest absolute Gasteiger partial charge is 0.480 e. The van der Waals surface area contributed by atoms with Gasteiger partial charge in [0.2, 0.25) is 11.7 Å². The van der Waals surface area contributed by atoms with Gasteiger partial charge in [0.1, 0.15) is 11.7 Å². The molecule has 1 heterocycles.